The van der Waals surface area contributed by atoms with Gasteiger partial charge >= 0.3 is 0 Å². The fourth-order valence-corrected chi connectivity index (χ4v) is 2.92. The summed E-state index contributed by atoms with van der Waals surface area (Å²) in [5.41, 5.74) is 1.78. The Kier molecular flexibility index (Phi) is 5.59. The average Bonchev–Trinajstić information content (AvgIpc) is 2.47. The van der Waals surface area contributed by atoms with Crippen molar-refractivity contribution in [3.63, 3.8) is 0 Å². The first-order valence-corrected chi connectivity index (χ1v) is 8.18. The van der Waals surface area contributed by atoms with E-state index in [0.717, 1.165) is 56.0 Å². The van der Waals surface area contributed by atoms with Crippen LogP contribution in [0.5, 0.6) is 0 Å². The second kappa shape index (κ2) is 7.43. The van der Waals surface area contributed by atoms with Gasteiger partial charge in [0.1, 0.15) is 5.82 Å². The molecular formula is C17H27N3O. The van der Waals surface area contributed by atoms with E-state index in [4.69, 9.17) is 0 Å². The largest absolute Gasteiger partial charge is 0.370 e. The molecule has 0 spiro atoms. The van der Waals surface area contributed by atoms with Crippen LogP contribution < -0.4 is 5.32 Å². The third-order valence-electron chi connectivity index (χ3n) is 3.93. The minimum atomic E-state index is 0.153. The Hall–Kier alpha value is -1.58. The van der Waals surface area contributed by atoms with Gasteiger partial charge in [-0.3, -0.25) is 4.79 Å². The first kappa shape index (κ1) is 15.8. The first-order chi connectivity index (χ1) is 10.1. The number of rotatable bonds is 5. The van der Waals surface area contributed by atoms with Gasteiger partial charge in [0.25, 0.3) is 5.91 Å². The number of anilines is 1. The molecule has 1 saturated heterocycles. The van der Waals surface area contributed by atoms with Crippen LogP contribution in [0.3, 0.4) is 0 Å². The maximum absolute atomic E-state index is 12.7. The van der Waals surface area contributed by atoms with Crippen molar-refractivity contribution in [3.05, 3.63) is 23.4 Å². The predicted octanol–water partition coefficient (Wildman–Crippen LogP) is 3.34. The molecular weight excluding hydrogens is 262 g/mol. The highest BCUT2D eigenvalue weighted by atomic mass is 16.2. The molecule has 0 saturated carbocycles. The van der Waals surface area contributed by atoms with Crippen LogP contribution in [0.25, 0.3) is 0 Å². The van der Waals surface area contributed by atoms with Gasteiger partial charge in [-0.05, 0) is 44.2 Å². The molecule has 1 aromatic rings. The second-order valence-electron chi connectivity index (χ2n) is 6.01. The monoisotopic (exact) mass is 289 g/mol. The lowest BCUT2D eigenvalue weighted by molar-refractivity contribution is 0.0683. The summed E-state index contributed by atoms with van der Waals surface area (Å²) in [7, 11) is 0. The molecule has 1 aromatic heterocycles. The summed E-state index contributed by atoms with van der Waals surface area (Å²) in [6.07, 6.45) is 4.29. The van der Waals surface area contributed by atoms with E-state index < -0.39 is 0 Å². The minimum absolute atomic E-state index is 0.153. The van der Waals surface area contributed by atoms with Crippen molar-refractivity contribution in [1.29, 1.82) is 0 Å². The molecule has 2 rings (SSSR count). The molecule has 1 aliphatic rings. The number of pyridine rings is 1. The van der Waals surface area contributed by atoms with Gasteiger partial charge in [-0.25, -0.2) is 4.98 Å². The summed E-state index contributed by atoms with van der Waals surface area (Å²) >= 11 is 0. The van der Waals surface area contributed by atoms with Crippen molar-refractivity contribution in [3.8, 4) is 0 Å². The van der Waals surface area contributed by atoms with E-state index in [-0.39, 0.29) is 5.91 Å². The van der Waals surface area contributed by atoms with Crippen molar-refractivity contribution >= 4 is 11.7 Å². The van der Waals surface area contributed by atoms with Crippen LogP contribution in [0.1, 0.15) is 56.1 Å². The van der Waals surface area contributed by atoms with Crippen molar-refractivity contribution in [1.82, 2.24) is 9.88 Å². The number of aryl methyl sites for hydroxylation is 1. The fraction of sp³-hybridized carbons (Fsp3) is 0.647. The van der Waals surface area contributed by atoms with Crippen LogP contribution in [0.15, 0.2) is 12.1 Å². The zero-order chi connectivity index (χ0) is 15.2. The van der Waals surface area contributed by atoms with Crippen LogP contribution in [0, 0.1) is 5.92 Å². The lowest BCUT2D eigenvalue weighted by Crippen LogP contribution is -2.39. The number of piperidine rings is 1. The molecule has 4 nitrogen and oxygen atoms in total. The highest BCUT2D eigenvalue weighted by Gasteiger charge is 2.22. The number of amides is 1. The Labute approximate surface area is 127 Å². The minimum Gasteiger partial charge on any atom is -0.370 e. The number of nitrogens with zero attached hydrogens (tertiary/aromatic N) is 2. The molecule has 4 heteroatoms. The van der Waals surface area contributed by atoms with Gasteiger partial charge in [0.2, 0.25) is 0 Å². The molecule has 21 heavy (non-hydrogen) atoms. The van der Waals surface area contributed by atoms with Crippen molar-refractivity contribution in [2.24, 2.45) is 5.92 Å². The van der Waals surface area contributed by atoms with E-state index in [2.05, 4.69) is 24.1 Å². The van der Waals surface area contributed by atoms with E-state index in [1.165, 1.54) is 6.42 Å². The van der Waals surface area contributed by atoms with E-state index in [1.807, 2.05) is 24.0 Å². The molecule has 0 bridgehead atoms. The lowest BCUT2D eigenvalue weighted by atomic mass is 9.99. The molecule has 2 heterocycles. The number of carbonyl (C=O) groups is 1. The predicted molar refractivity (Wildman–Crippen MR) is 86.7 cm³/mol. The van der Waals surface area contributed by atoms with Crippen LogP contribution in [-0.4, -0.2) is 35.4 Å². The van der Waals surface area contributed by atoms with Gasteiger partial charge < -0.3 is 10.2 Å². The smallest absolute Gasteiger partial charge is 0.254 e. The van der Waals surface area contributed by atoms with Crippen molar-refractivity contribution in [2.45, 2.75) is 46.5 Å². The van der Waals surface area contributed by atoms with Gasteiger partial charge in [0.15, 0.2) is 0 Å². The maximum Gasteiger partial charge on any atom is 0.254 e. The molecule has 0 aliphatic carbocycles. The Balaban J connectivity index is 2.21. The van der Waals surface area contributed by atoms with Crippen LogP contribution in [0.4, 0.5) is 5.82 Å². The highest BCUT2D eigenvalue weighted by molar-refractivity contribution is 5.95. The second-order valence-corrected chi connectivity index (χ2v) is 6.01. The summed E-state index contributed by atoms with van der Waals surface area (Å²) in [4.78, 5) is 19.3. The normalized spacial score (nSPS) is 18.6. The van der Waals surface area contributed by atoms with Gasteiger partial charge in [-0.2, -0.15) is 0 Å². The quantitative estimate of drug-likeness (QED) is 0.904. The molecule has 1 unspecified atom stereocenters. The third kappa shape index (κ3) is 4.19. The van der Waals surface area contributed by atoms with Gasteiger partial charge in [-0.1, -0.05) is 20.3 Å². The summed E-state index contributed by atoms with van der Waals surface area (Å²) in [5.74, 6) is 1.57. The fourth-order valence-electron chi connectivity index (χ4n) is 2.92. The molecule has 1 amide bonds. The van der Waals surface area contributed by atoms with Crippen molar-refractivity contribution < 1.29 is 4.79 Å². The molecule has 1 N–H and O–H groups in total. The molecule has 116 valence electrons. The van der Waals surface area contributed by atoms with E-state index in [9.17, 15) is 4.79 Å². The van der Waals surface area contributed by atoms with Crippen LogP contribution in [0.2, 0.25) is 0 Å². The summed E-state index contributed by atoms with van der Waals surface area (Å²) < 4.78 is 0. The summed E-state index contributed by atoms with van der Waals surface area (Å²) in [6.45, 7) is 8.97. The lowest BCUT2D eigenvalue weighted by Gasteiger charge is -2.31. The number of aromatic nitrogens is 1. The molecule has 1 aliphatic heterocycles. The Bertz CT molecular complexity index is 463. The summed E-state index contributed by atoms with van der Waals surface area (Å²) in [6, 6.07) is 3.86. The maximum atomic E-state index is 12.7. The standard InChI is InChI=1S/C17H27N3O/c1-4-7-15-10-14(11-16(19-15)18-5-2)17(21)20-9-6-8-13(3)12-20/h10-11,13H,4-9,12H2,1-3H3,(H,18,19). The molecule has 0 radical (unpaired) electrons. The van der Waals surface area contributed by atoms with E-state index in [0.29, 0.717) is 5.92 Å². The Morgan fingerprint density at radius 1 is 1.43 bits per heavy atom. The number of likely N-dealkylation sites (tertiary alicyclic amines) is 1. The molecule has 0 aromatic carbocycles. The number of nitrogens with one attached hydrogen (secondary N) is 1. The van der Waals surface area contributed by atoms with Gasteiger partial charge in [-0.15, -0.1) is 0 Å². The summed E-state index contributed by atoms with van der Waals surface area (Å²) in [5, 5.41) is 3.23. The third-order valence-corrected chi connectivity index (χ3v) is 3.93. The van der Waals surface area contributed by atoms with E-state index >= 15 is 0 Å². The average molecular weight is 289 g/mol. The molecule has 1 fully saturated rings. The van der Waals surface area contributed by atoms with E-state index in [1.54, 1.807) is 0 Å². The number of hydrogen-bond acceptors (Lipinski definition) is 3. The van der Waals surface area contributed by atoms with Crippen molar-refractivity contribution in [2.75, 3.05) is 25.0 Å². The SMILES string of the molecule is CCCc1cc(C(=O)N2CCCC(C)C2)cc(NCC)n1. The molecule has 1 atom stereocenters. The van der Waals surface area contributed by atoms with Crippen LogP contribution >= 0.6 is 0 Å². The number of carbonyl (C=O) groups excluding carboxylic acids is 1. The number of hydrogen-bond donors (Lipinski definition) is 1. The zero-order valence-electron chi connectivity index (χ0n) is 13.5. The topological polar surface area (TPSA) is 45.2 Å². The highest BCUT2D eigenvalue weighted by Crippen LogP contribution is 2.20. The Morgan fingerprint density at radius 2 is 2.24 bits per heavy atom. The first-order valence-electron chi connectivity index (χ1n) is 8.18. The van der Waals surface area contributed by atoms with Gasteiger partial charge in [0.05, 0.1) is 0 Å². The zero-order valence-corrected chi connectivity index (χ0v) is 13.5. The Morgan fingerprint density at radius 3 is 2.90 bits per heavy atom. The van der Waals surface area contributed by atoms with Gasteiger partial charge in [0, 0.05) is 30.9 Å². The van der Waals surface area contributed by atoms with Crippen LogP contribution in [-0.2, 0) is 6.42 Å².